The normalized spacial score (nSPS) is 11.0. The average molecular weight is 442 g/mol. The quantitative estimate of drug-likeness (QED) is 0.242. The molecular weight excluding hydrogens is 425 g/mol. The molecule has 2 N–H and O–H groups in total. The standard InChI is InChI=1S/C22H17Cl2N3O3/c1-30-16-9-10-18(23)19(13-16)27-22(29)17(12-14-6-5-11-25-20(14)24)21(28)26-15-7-3-2-4-8-15/h2-13H,1H3,(H,26,28)(H,27,29). The third-order valence-electron chi connectivity index (χ3n) is 4.03. The van der Waals surface area contributed by atoms with E-state index in [9.17, 15) is 9.59 Å². The fourth-order valence-corrected chi connectivity index (χ4v) is 2.87. The summed E-state index contributed by atoms with van der Waals surface area (Å²) < 4.78 is 5.16. The van der Waals surface area contributed by atoms with Crippen LogP contribution < -0.4 is 15.4 Å². The van der Waals surface area contributed by atoms with Crippen molar-refractivity contribution in [2.45, 2.75) is 0 Å². The molecule has 0 aliphatic rings. The summed E-state index contributed by atoms with van der Waals surface area (Å²) in [5.41, 5.74) is 1.09. The number of halogens is 2. The molecule has 30 heavy (non-hydrogen) atoms. The summed E-state index contributed by atoms with van der Waals surface area (Å²) in [6, 6.07) is 16.9. The number of anilines is 2. The maximum Gasteiger partial charge on any atom is 0.261 e. The molecule has 2 aromatic carbocycles. The van der Waals surface area contributed by atoms with Gasteiger partial charge in [-0.25, -0.2) is 4.98 Å². The van der Waals surface area contributed by atoms with Crippen LogP contribution in [0.2, 0.25) is 10.2 Å². The average Bonchev–Trinajstić information content (AvgIpc) is 2.75. The molecule has 0 bridgehead atoms. The molecule has 0 aliphatic heterocycles. The highest BCUT2D eigenvalue weighted by atomic mass is 35.5. The van der Waals surface area contributed by atoms with Crippen LogP contribution in [0.25, 0.3) is 6.08 Å². The van der Waals surface area contributed by atoms with Gasteiger partial charge in [0.05, 0.1) is 17.8 Å². The number of aromatic nitrogens is 1. The second-order valence-corrected chi connectivity index (χ2v) is 6.83. The molecular formula is C22H17Cl2N3O3. The minimum Gasteiger partial charge on any atom is -0.497 e. The number of ether oxygens (including phenoxy) is 1. The summed E-state index contributed by atoms with van der Waals surface area (Å²) in [5.74, 6) is -0.777. The van der Waals surface area contributed by atoms with Gasteiger partial charge in [0, 0.05) is 23.5 Å². The number of benzene rings is 2. The number of carbonyl (C=O) groups is 2. The zero-order chi connectivity index (χ0) is 21.5. The van der Waals surface area contributed by atoms with E-state index in [1.54, 1.807) is 54.6 Å². The zero-order valence-corrected chi connectivity index (χ0v) is 17.4. The Bertz CT molecular complexity index is 1100. The van der Waals surface area contributed by atoms with Crippen molar-refractivity contribution < 1.29 is 14.3 Å². The highest BCUT2D eigenvalue weighted by Crippen LogP contribution is 2.27. The predicted octanol–water partition coefficient (Wildman–Crippen LogP) is 5.06. The Hall–Kier alpha value is -3.35. The summed E-state index contributed by atoms with van der Waals surface area (Å²) in [6.45, 7) is 0. The molecule has 0 atom stereocenters. The smallest absolute Gasteiger partial charge is 0.261 e. The Morgan fingerprint density at radius 3 is 2.40 bits per heavy atom. The Labute approximate surface area is 183 Å². The van der Waals surface area contributed by atoms with Gasteiger partial charge in [0.25, 0.3) is 11.8 Å². The van der Waals surface area contributed by atoms with Crippen LogP contribution in [0.4, 0.5) is 11.4 Å². The molecule has 8 heteroatoms. The lowest BCUT2D eigenvalue weighted by Gasteiger charge is -2.12. The van der Waals surface area contributed by atoms with Crippen molar-refractivity contribution in [2.24, 2.45) is 0 Å². The summed E-state index contributed by atoms with van der Waals surface area (Å²) in [7, 11) is 1.50. The molecule has 0 aliphatic carbocycles. The van der Waals surface area contributed by atoms with Crippen LogP contribution in [0.15, 0.2) is 72.4 Å². The van der Waals surface area contributed by atoms with E-state index in [1.165, 1.54) is 19.4 Å². The van der Waals surface area contributed by atoms with Crippen LogP contribution in [0.3, 0.4) is 0 Å². The number of hydrogen-bond donors (Lipinski definition) is 2. The molecule has 1 heterocycles. The molecule has 0 radical (unpaired) electrons. The topological polar surface area (TPSA) is 80.3 Å². The minimum atomic E-state index is -0.668. The number of hydrogen-bond acceptors (Lipinski definition) is 4. The Kier molecular flexibility index (Phi) is 7.06. The summed E-state index contributed by atoms with van der Waals surface area (Å²) in [5, 5.41) is 5.80. The Morgan fingerprint density at radius 2 is 1.70 bits per heavy atom. The monoisotopic (exact) mass is 441 g/mol. The largest absolute Gasteiger partial charge is 0.497 e. The van der Waals surface area contributed by atoms with Crippen LogP contribution in [0, 0.1) is 0 Å². The van der Waals surface area contributed by atoms with E-state index >= 15 is 0 Å². The number of amides is 2. The van der Waals surface area contributed by atoms with Crippen LogP contribution in [-0.2, 0) is 9.59 Å². The van der Waals surface area contributed by atoms with Gasteiger partial charge < -0.3 is 15.4 Å². The fraction of sp³-hybridized carbons (Fsp3) is 0.0455. The van der Waals surface area contributed by atoms with E-state index in [1.807, 2.05) is 6.07 Å². The van der Waals surface area contributed by atoms with Crippen molar-refractivity contribution in [2.75, 3.05) is 17.7 Å². The number of para-hydroxylation sites is 1. The molecule has 0 unspecified atom stereocenters. The fourth-order valence-electron chi connectivity index (χ4n) is 2.53. The number of methoxy groups -OCH3 is 1. The number of nitrogens with zero attached hydrogens (tertiary/aromatic N) is 1. The molecule has 0 fully saturated rings. The van der Waals surface area contributed by atoms with E-state index in [-0.39, 0.29) is 10.7 Å². The first kappa shape index (κ1) is 21.4. The third kappa shape index (κ3) is 5.37. The first-order valence-electron chi connectivity index (χ1n) is 8.81. The minimum absolute atomic E-state index is 0.162. The summed E-state index contributed by atoms with van der Waals surface area (Å²) in [4.78, 5) is 29.9. The third-order valence-corrected chi connectivity index (χ3v) is 4.68. The number of rotatable bonds is 6. The van der Waals surface area contributed by atoms with Gasteiger partial charge in [-0.05, 0) is 36.4 Å². The van der Waals surface area contributed by atoms with Gasteiger partial charge in [-0.2, -0.15) is 0 Å². The molecule has 6 nitrogen and oxygen atoms in total. The lowest BCUT2D eigenvalue weighted by Crippen LogP contribution is -2.25. The van der Waals surface area contributed by atoms with Crippen molar-refractivity contribution in [3.05, 3.63) is 88.2 Å². The van der Waals surface area contributed by atoms with Crippen molar-refractivity contribution >= 4 is 52.5 Å². The number of pyridine rings is 1. The van der Waals surface area contributed by atoms with Gasteiger partial charge in [-0.1, -0.05) is 47.5 Å². The van der Waals surface area contributed by atoms with Crippen LogP contribution >= 0.6 is 23.2 Å². The lowest BCUT2D eigenvalue weighted by molar-refractivity contribution is -0.118. The predicted molar refractivity (Wildman–Crippen MR) is 119 cm³/mol. The van der Waals surface area contributed by atoms with Crippen LogP contribution in [0.5, 0.6) is 5.75 Å². The Balaban J connectivity index is 1.95. The van der Waals surface area contributed by atoms with Gasteiger partial charge in [-0.3, -0.25) is 9.59 Å². The summed E-state index contributed by atoms with van der Waals surface area (Å²) >= 11 is 12.3. The number of carbonyl (C=O) groups excluding carboxylic acids is 2. The molecule has 152 valence electrons. The molecule has 1 aromatic heterocycles. The first-order valence-corrected chi connectivity index (χ1v) is 9.57. The van der Waals surface area contributed by atoms with E-state index in [0.29, 0.717) is 27.7 Å². The van der Waals surface area contributed by atoms with Gasteiger partial charge in [0.1, 0.15) is 16.5 Å². The van der Waals surface area contributed by atoms with E-state index in [4.69, 9.17) is 27.9 Å². The second-order valence-electron chi connectivity index (χ2n) is 6.06. The maximum atomic E-state index is 13.0. The Morgan fingerprint density at radius 1 is 0.967 bits per heavy atom. The van der Waals surface area contributed by atoms with Crippen molar-refractivity contribution in [3.63, 3.8) is 0 Å². The molecule has 0 spiro atoms. The van der Waals surface area contributed by atoms with E-state index in [2.05, 4.69) is 15.6 Å². The van der Waals surface area contributed by atoms with Crippen LogP contribution in [-0.4, -0.2) is 23.9 Å². The molecule has 3 aromatic rings. The van der Waals surface area contributed by atoms with Crippen molar-refractivity contribution in [1.29, 1.82) is 0 Å². The second kappa shape index (κ2) is 9.91. The van der Waals surface area contributed by atoms with E-state index < -0.39 is 11.8 Å². The van der Waals surface area contributed by atoms with Crippen molar-refractivity contribution in [3.8, 4) is 5.75 Å². The van der Waals surface area contributed by atoms with Crippen molar-refractivity contribution in [1.82, 2.24) is 4.98 Å². The van der Waals surface area contributed by atoms with E-state index in [0.717, 1.165) is 0 Å². The maximum absolute atomic E-state index is 13.0. The van der Waals surface area contributed by atoms with Gasteiger partial charge in [-0.15, -0.1) is 0 Å². The molecule has 2 amide bonds. The SMILES string of the molecule is COc1ccc(Cl)c(NC(=O)C(=Cc2cccnc2Cl)C(=O)Nc2ccccc2)c1. The van der Waals surface area contributed by atoms with Crippen LogP contribution in [0.1, 0.15) is 5.56 Å². The zero-order valence-electron chi connectivity index (χ0n) is 15.9. The lowest BCUT2D eigenvalue weighted by atomic mass is 10.1. The first-order chi connectivity index (χ1) is 14.5. The van der Waals surface area contributed by atoms with Gasteiger partial charge >= 0.3 is 0 Å². The van der Waals surface area contributed by atoms with Gasteiger partial charge in [0.2, 0.25) is 0 Å². The summed E-state index contributed by atoms with van der Waals surface area (Å²) in [6.07, 6.45) is 2.89. The van der Waals surface area contributed by atoms with Gasteiger partial charge in [0.15, 0.2) is 0 Å². The highest BCUT2D eigenvalue weighted by molar-refractivity contribution is 6.36. The molecule has 0 saturated carbocycles. The molecule has 0 saturated heterocycles. The molecule has 3 rings (SSSR count). The number of nitrogens with one attached hydrogen (secondary N) is 2. The highest BCUT2D eigenvalue weighted by Gasteiger charge is 2.21.